The molecule has 0 radical (unpaired) electrons. The highest BCUT2D eigenvalue weighted by atomic mass is 32.2. The standard InChI is InChI=1S/C26H32N4O7S/c1-15(2)12-20(28-26(33)23-13-18-8-5-6-10-22(18)36-23)25(32)27-19-9-7-11-30(14-21(19)31)38(34,35)24-16(3)29-37-17(24)4/h5-6,8,10,13,15,19-20H,7,9,11-12,14H2,1-4H3,(H,27,32)(H,28,33)/t19-,20?/m0/s1. The van der Waals surface area contributed by atoms with Crippen molar-refractivity contribution in [2.75, 3.05) is 13.1 Å². The van der Waals surface area contributed by atoms with Crippen LogP contribution in [0.15, 0.2) is 44.2 Å². The molecule has 1 fully saturated rings. The van der Waals surface area contributed by atoms with Crippen LogP contribution in [0.25, 0.3) is 11.0 Å². The van der Waals surface area contributed by atoms with Gasteiger partial charge in [0.1, 0.15) is 22.2 Å². The van der Waals surface area contributed by atoms with E-state index in [1.807, 2.05) is 26.0 Å². The molecule has 11 nitrogen and oxygen atoms in total. The molecular weight excluding hydrogens is 512 g/mol. The molecule has 2 atom stereocenters. The number of rotatable bonds is 8. The van der Waals surface area contributed by atoms with Crippen molar-refractivity contribution in [3.05, 3.63) is 47.5 Å². The number of amides is 2. The SMILES string of the molecule is Cc1noc(C)c1S(=O)(=O)N1CCC[C@H](NC(=O)C(CC(C)C)NC(=O)c2cc3ccccc3o2)C(=O)C1. The highest BCUT2D eigenvalue weighted by Crippen LogP contribution is 2.25. The van der Waals surface area contributed by atoms with E-state index in [9.17, 15) is 22.8 Å². The molecular formula is C26H32N4O7S. The largest absolute Gasteiger partial charge is 0.451 e. The Hall–Kier alpha value is -3.51. The smallest absolute Gasteiger partial charge is 0.287 e. The summed E-state index contributed by atoms with van der Waals surface area (Å²) in [5, 5.41) is 9.95. The summed E-state index contributed by atoms with van der Waals surface area (Å²) in [7, 11) is -4.00. The van der Waals surface area contributed by atoms with Gasteiger partial charge in [-0.25, -0.2) is 8.42 Å². The molecule has 4 rings (SSSR count). The fourth-order valence-electron chi connectivity index (χ4n) is 4.62. The van der Waals surface area contributed by atoms with E-state index < -0.39 is 46.2 Å². The van der Waals surface area contributed by atoms with Crippen LogP contribution in [-0.4, -0.2) is 60.7 Å². The van der Waals surface area contributed by atoms with Gasteiger partial charge in [-0.2, -0.15) is 4.31 Å². The number of fused-ring (bicyclic) bond motifs is 1. The summed E-state index contributed by atoms with van der Waals surface area (Å²) in [6.07, 6.45) is 0.967. The number of hydrogen-bond donors (Lipinski definition) is 2. The number of aryl methyl sites for hydroxylation is 2. The number of ketones is 1. The minimum Gasteiger partial charge on any atom is -0.451 e. The van der Waals surface area contributed by atoms with E-state index >= 15 is 0 Å². The molecule has 12 heteroatoms. The van der Waals surface area contributed by atoms with Crippen molar-refractivity contribution in [3.8, 4) is 0 Å². The Bertz CT molecular complexity index is 1400. The lowest BCUT2D eigenvalue weighted by Crippen LogP contribution is -2.52. The van der Waals surface area contributed by atoms with E-state index in [0.717, 1.165) is 9.69 Å². The van der Waals surface area contributed by atoms with Crippen LogP contribution in [0.2, 0.25) is 0 Å². The van der Waals surface area contributed by atoms with Crippen molar-refractivity contribution in [1.82, 2.24) is 20.1 Å². The van der Waals surface area contributed by atoms with E-state index in [-0.39, 0.29) is 41.0 Å². The molecule has 1 aromatic carbocycles. The molecule has 2 aromatic heterocycles. The van der Waals surface area contributed by atoms with Gasteiger partial charge in [-0.1, -0.05) is 37.2 Å². The normalized spacial score (nSPS) is 17.9. The zero-order chi connectivity index (χ0) is 27.6. The number of carbonyl (C=O) groups excluding carboxylic acids is 3. The van der Waals surface area contributed by atoms with Crippen LogP contribution in [0.4, 0.5) is 0 Å². The van der Waals surface area contributed by atoms with Gasteiger partial charge in [-0.15, -0.1) is 0 Å². The summed E-state index contributed by atoms with van der Waals surface area (Å²) in [5.74, 6) is -1.17. The van der Waals surface area contributed by atoms with E-state index in [1.54, 1.807) is 18.2 Å². The number of hydrogen-bond acceptors (Lipinski definition) is 8. The summed E-state index contributed by atoms with van der Waals surface area (Å²) in [5.41, 5.74) is 0.781. The molecule has 38 heavy (non-hydrogen) atoms. The molecule has 1 saturated heterocycles. The third kappa shape index (κ3) is 5.81. The second kappa shape index (κ2) is 11.1. The molecule has 0 aliphatic carbocycles. The minimum atomic E-state index is -4.00. The fraction of sp³-hybridized carbons (Fsp3) is 0.462. The first kappa shape index (κ1) is 27.5. The second-order valence-electron chi connectivity index (χ2n) is 9.97. The Kier molecular flexibility index (Phi) is 8.02. The zero-order valence-corrected chi connectivity index (χ0v) is 22.6. The van der Waals surface area contributed by atoms with Gasteiger partial charge in [0.25, 0.3) is 5.91 Å². The van der Waals surface area contributed by atoms with Crippen LogP contribution < -0.4 is 10.6 Å². The predicted octanol–water partition coefficient (Wildman–Crippen LogP) is 2.72. The number of sulfonamides is 1. The third-order valence-corrected chi connectivity index (χ3v) is 8.57. The van der Waals surface area contributed by atoms with E-state index in [4.69, 9.17) is 8.94 Å². The summed E-state index contributed by atoms with van der Waals surface area (Å²) in [6.45, 7) is 6.59. The molecule has 0 bridgehead atoms. The Morgan fingerprint density at radius 2 is 1.95 bits per heavy atom. The number of Topliss-reactive ketones (excluding diaryl/α,β-unsaturated/α-hetero) is 1. The second-order valence-corrected chi connectivity index (χ2v) is 11.8. The monoisotopic (exact) mass is 544 g/mol. The third-order valence-electron chi connectivity index (χ3n) is 6.48. The highest BCUT2D eigenvalue weighted by Gasteiger charge is 2.37. The van der Waals surface area contributed by atoms with Crippen LogP contribution in [-0.2, 0) is 19.6 Å². The average molecular weight is 545 g/mol. The zero-order valence-electron chi connectivity index (χ0n) is 21.8. The molecule has 1 aliphatic heterocycles. The molecule has 3 aromatic rings. The van der Waals surface area contributed by atoms with Gasteiger partial charge in [0.2, 0.25) is 15.9 Å². The first-order chi connectivity index (χ1) is 18.0. The van der Waals surface area contributed by atoms with Crippen molar-refractivity contribution >= 4 is 38.6 Å². The Labute approximate surface area is 221 Å². The van der Waals surface area contributed by atoms with E-state index in [1.165, 1.54) is 13.8 Å². The molecule has 0 spiro atoms. The van der Waals surface area contributed by atoms with Crippen LogP contribution in [0, 0.1) is 19.8 Å². The molecule has 0 saturated carbocycles. The Balaban J connectivity index is 1.45. The van der Waals surface area contributed by atoms with Crippen molar-refractivity contribution in [3.63, 3.8) is 0 Å². The molecule has 1 unspecified atom stereocenters. The van der Waals surface area contributed by atoms with Gasteiger partial charge in [-0.3, -0.25) is 14.4 Å². The number of nitrogens with one attached hydrogen (secondary N) is 2. The number of furan rings is 1. The summed E-state index contributed by atoms with van der Waals surface area (Å²) in [4.78, 5) is 39.2. The van der Waals surface area contributed by atoms with E-state index in [0.29, 0.717) is 18.4 Å². The molecule has 204 valence electrons. The maximum atomic E-state index is 13.2. The Morgan fingerprint density at radius 3 is 2.61 bits per heavy atom. The Morgan fingerprint density at radius 1 is 1.21 bits per heavy atom. The topological polar surface area (TPSA) is 152 Å². The van der Waals surface area contributed by atoms with Crippen LogP contribution in [0.5, 0.6) is 0 Å². The molecule has 2 amide bonds. The van der Waals surface area contributed by atoms with Gasteiger partial charge < -0.3 is 19.6 Å². The number of carbonyl (C=O) groups is 3. The lowest BCUT2D eigenvalue weighted by molar-refractivity contribution is -0.129. The highest BCUT2D eigenvalue weighted by molar-refractivity contribution is 7.89. The number of aromatic nitrogens is 1. The molecule has 2 N–H and O–H groups in total. The quantitative estimate of drug-likeness (QED) is 0.439. The van der Waals surface area contributed by atoms with Crippen LogP contribution in [0.3, 0.4) is 0 Å². The summed E-state index contributed by atoms with van der Waals surface area (Å²) >= 11 is 0. The molecule has 3 heterocycles. The number of para-hydroxylation sites is 1. The van der Waals surface area contributed by atoms with Gasteiger partial charge in [0.15, 0.2) is 17.3 Å². The average Bonchev–Trinajstić information content (AvgIpc) is 3.38. The summed E-state index contributed by atoms with van der Waals surface area (Å²) < 4.78 is 38.1. The minimum absolute atomic E-state index is 0.0434. The van der Waals surface area contributed by atoms with Gasteiger partial charge >= 0.3 is 0 Å². The first-order valence-electron chi connectivity index (χ1n) is 12.5. The maximum Gasteiger partial charge on any atom is 0.287 e. The van der Waals surface area contributed by atoms with Gasteiger partial charge in [0, 0.05) is 11.9 Å². The lowest BCUT2D eigenvalue weighted by Gasteiger charge is -2.23. The van der Waals surface area contributed by atoms with Gasteiger partial charge in [-0.05, 0) is 51.2 Å². The summed E-state index contributed by atoms with van der Waals surface area (Å²) in [6, 6.07) is 7.01. The predicted molar refractivity (Wildman–Crippen MR) is 138 cm³/mol. The first-order valence-corrected chi connectivity index (χ1v) is 14.0. The van der Waals surface area contributed by atoms with Gasteiger partial charge in [0.05, 0.1) is 12.6 Å². The fourth-order valence-corrected chi connectivity index (χ4v) is 6.36. The molecule has 1 aliphatic rings. The number of nitrogens with zero attached hydrogens (tertiary/aromatic N) is 2. The van der Waals surface area contributed by atoms with Crippen molar-refractivity contribution in [2.24, 2.45) is 5.92 Å². The lowest BCUT2D eigenvalue weighted by atomic mass is 10.0. The van der Waals surface area contributed by atoms with Crippen molar-refractivity contribution in [1.29, 1.82) is 0 Å². The van der Waals surface area contributed by atoms with Crippen molar-refractivity contribution in [2.45, 2.75) is 63.9 Å². The van der Waals surface area contributed by atoms with Crippen molar-refractivity contribution < 1.29 is 31.7 Å². The maximum absolute atomic E-state index is 13.2. The van der Waals surface area contributed by atoms with E-state index in [2.05, 4.69) is 15.8 Å². The van der Waals surface area contributed by atoms with Crippen LogP contribution in [0.1, 0.15) is 55.1 Å². The van der Waals surface area contributed by atoms with Crippen LogP contribution >= 0.6 is 0 Å². The number of benzene rings is 1.